The summed E-state index contributed by atoms with van der Waals surface area (Å²) in [7, 11) is 0. The maximum Gasteiger partial charge on any atom is 0.416 e. The minimum Gasteiger partial charge on any atom is -0.343 e. The molecule has 1 heterocycles. The van der Waals surface area contributed by atoms with Crippen molar-refractivity contribution >= 4 is 0 Å². The van der Waals surface area contributed by atoms with Gasteiger partial charge in [-0.3, -0.25) is 0 Å². The van der Waals surface area contributed by atoms with E-state index in [0.29, 0.717) is 5.69 Å². The Kier molecular flexibility index (Phi) is 4.56. The third-order valence-electron chi connectivity index (χ3n) is 3.90. The Morgan fingerprint density at radius 3 is 1.81 bits per heavy atom. The largest absolute Gasteiger partial charge is 0.416 e. The van der Waals surface area contributed by atoms with E-state index in [-0.39, 0.29) is 18.2 Å². The summed E-state index contributed by atoms with van der Waals surface area (Å²) in [5.41, 5.74) is -1.16. The zero-order valence-electron chi connectivity index (χ0n) is 13.3. The molecule has 0 N–H and O–H groups in total. The van der Waals surface area contributed by atoms with Crippen molar-refractivity contribution in [3.05, 3.63) is 83.6 Å². The fraction of sp³-hybridized carbons (Fsp3) is 0.158. The monoisotopic (exact) mass is 369 g/mol. The third kappa shape index (κ3) is 3.92. The molecule has 0 saturated heterocycles. The summed E-state index contributed by atoms with van der Waals surface area (Å²) in [4.78, 5) is 0. The van der Waals surface area contributed by atoms with Crippen molar-refractivity contribution in [1.82, 2.24) is 4.57 Å². The molecule has 0 aliphatic carbocycles. The predicted molar refractivity (Wildman–Crippen MR) is 85.4 cm³/mol. The van der Waals surface area contributed by atoms with Crippen LogP contribution in [0.3, 0.4) is 0 Å². The number of benzene rings is 2. The summed E-state index contributed by atoms with van der Waals surface area (Å²) >= 11 is 0. The Hall–Kier alpha value is -2.70. The van der Waals surface area contributed by atoms with Crippen LogP contribution in [0.4, 0.5) is 26.3 Å². The molecule has 0 aliphatic heterocycles. The fourth-order valence-electron chi connectivity index (χ4n) is 2.73. The highest BCUT2D eigenvalue weighted by molar-refractivity contribution is 5.60. The van der Waals surface area contributed by atoms with E-state index in [1.165, 1.54) is 0 Å². The van der Waals surface area contributed by atoms with Crippen molar-refractivity contribution in [3.8, 4) is 11.3 Å². The summed E-state index contributed by atoms with van der Waals surface area (Å²) in [6.45, 7) is -0.107. The van der Waals surface area contributed by atoms with Gasteiger partial charge in [0.25, 0.3) is 0 Å². The number of alkyl halides is 6. The van der Waals surface area contributed by atoms with Gasteiger partial charge in [-0.1, -0.05) is 30.3 Å². The number of nitrogens with zero attached hydrogens (tertiary/aromatic N) is 1. The number of aromatic nitrogens is 1. The molecule has 0 spiro atoms. The molecule has 0 fully saturated rings. The van der Waals surface area contributed by atoms with Crippen LogP contribution in [0, 0.1) is 0 Å². The smallest absolute Gasteiger partial charge is 0.343 e. The lowest BCUT2D eigenvalue weighted by Crippen LogP contribution is -2.13. The van der Waals surface area contributed by atoms with Crippen molar-refractivity contribution in [3.63, 3.8) is 0 Å². The zero-order chi connectivity index (χ0) is 18.9. The molecule has 1 nitrogen and oxygen atoms in total. The van der Waals surface area contributed by atoms with Crippen LogP contribution in [0.15, 0.2) is 66.9 Å². The van der Waals surface area contributed by atoms with Gasteiger partial charge in [-0.05, 0) is 41.5 Å². The molecule has 0 aliphatic rings. The molecule has 0 saturated carbocycles. The Bertz CT molecular complexity index is 858. The van der Waals surface area contributed by atoms with Crippen LogP contribution in [-0.2, 0) is 18.9 Å². The highest BCUT2D eigenvalue weighted by atomic mass is 19.4. The highest BCUT2D eigenvalue weighted by Gasteiger charge is 2.36. The van der Waals surface area contributed by atoms with E-state index in [9.17, 15) is 26.3 Å². The molecule has 2 aromatic carbocycles. The van der Waals surface area contributed by atoms with E-state index >= 15 is 0 Å². The molecular weight excluding hydrogens is 356 g/mol. The molecule has 7 heteroatoms. The van der Waals surface area contributed by atoms with E-state index in [1.54, 1.807) is 35.0 Å². The van der Waals surface area contributed by atoms with Gasteiger partial charge < -0.3 is 4.57 Å². The average Bonchev–Trinajstić information content (AvgIpc) is 3.02. The predicted octanol–water partition coefficient (Wildman–Crippen LogP) is 6.24. The fourth-order valence-corrected chi connectivity index (χ4v) is 2.73. The molecule has 3 aromatic rings. The van der Waals surface area contributed by atoms with Gasteiger partial charge in [-0.2, -0.15) is 26.3 Å². The Labute approximate surface area is 145 Å². The number of hydrogen-bond donors (Lipinski definition) is 0. The van der Waals surface area contributed by atoms with Gasteiger partial charge in [-0.25, -0.2) is 0 Å². The molecule has 0 atom stereocenters. The first-order valence-electron chi connectivity index (χ1n) is 7.63. The van der Waals surface area contributed by atoms with Crippen molar-refractivity contribution in [1.29, 1.82) is 0 Å². The molecule has 0 amide bonds. The van der Waals surface area contributed by atoms with Crippen LogP contribution in [0.2, 0.25) is 0 Å². The summed E-state index contributed by atoms with van der Waals surface area (Å²) in [6.07, 6.45) is -8.08. The molecule has 136 valence electrons. The lowest BCUT2D eigenvalue weighted by molar-refractivity contribution is -0.143. The zero-order valence-corrected chi connectivity index (χ0v) is 13.3. The molecule has 0 radical (unpaired) electrons. The van der Waals surface area contributed by atoms with Gasteiger partial charge in [0.1, 0.15) is 0 Å². The van der Waals surface area contributed by atoms with Gasteiger partial charge in [0, 0.05) is 18.4 Å². The number of hydrogen-bond acceptors (Lipinski definition) is 0. The summed E-state index contributed by atoms with van der Waals surface area (Å²) < 4.78 is 79.5. The maximum atomic E-state index is 13.0. The van der Waals surface area contributed by atoms with Gasteiger partial charge in [0.2, 0.25) is 0 Å². The second-order valence-electron chi connectivity index (χ2n) is 5.80. The van der Waals surface area contributed by atoms with Crippen LogP contribution >= 0.6 is 0 Å². The normalized spacial score (nSPS) is 12.4. The van der Waals surface area contributed by atoms with Crippen LogP contribution in [-0.4, -0.2) is 4.57 Å². The van der Waals surface area contributed by atoms with Crippen molar-refractivity contribution in [2.75, 3.05) is 0 Å². The van der Waals surface area contributed by atoms with Crippen molar-refractivity contribution < 1.29 is 26.3 Å². The molecule has 1 aromatic heterocycles. The van der Waals surface area contributed by atoms with Crippen LogP contribution in [0.25, 0.3) is 11.3 Å². The minimum absolute atomic E-state index is 0.0690. The van der Waals surface area contributed by atoms with E-state index in [1.807, 2.05) is 18.2 Å². The van der Waals surface area contributed by atoms with Gasteiger partial charge >= 0.3 is 12.4 Å². The highest BCUT2D eigenvalue weighted by Crippen LogP contribution is 2.36. The first-order valence-corrected chi connectivity index (χ1v) is 7.63. The van der Waals surface area contributed by atoms with Crippen molar-refractivity contribution in [2.24, 2.45) is 0 Å². The second kappa shape index (κ2) is 6.55. The first kappa shape index (κ1) is 18.1. The number of halogens is 6. The quantitative estimate of drug-likeness (QED) is 0.482. The van der Waals surface area contributed by atoms with E-state index in [0.717, 1.165) is 17.7 Å². The lowest BCUT2D eigenvalue weighted by atomic mass is 10.0. The second-order valence-corrected chi connectivity index (χ2v) is 5.80. The van der Waals surface area contributed by atoms with Crippen LogP contribution < -0.4 is 0 Å². The maximum absolute atomic E-state index is 13.0. The van der Waals surface area contributed by atoms with Crippen LogP contribution in [0.5, 0.6) is 0 Å². The van der Waals surface area contributed by atoms with E-state index in [2.05, 4.69) is 0 Å². The van der Waals surface area contributed by atoms with E-state index < -0.39 is 23.5 Å². The van der Waals surface area contributed by atoms with Crippen LogP contribution in [0.1, 0.15) is 16.7 Å². The standard InChI is InChI=1S/C19H13F6N/c20-18(21,22)15-9-13(10-16(11-15)19(23,24)25)12-26-8-4-7-17(26)14-5-2-1-3-6-14/h1-11H,12H2. The van der Waals surface area contributed by atoms with Gasteiger partial charge in [0.15, 0.2) is 0 Å². The topological polar surface area (TPSA) is 4.93 Å². The molecule has 0 bridgehead atoms. The van der Waals surface area contributed by atoms with Gasteiger partial charge in [0.05, 0.1) is 11.1 Å². The Morgan fingerprint density at radius 1 is 0.692 bits per heavy atom. The summed E-state index contributed by atoms with van der Waals surface area (Å²) in [5.74, 6) is 0. The Morgan fingerprint density at radius 2 is 1.27 bits per heavy atom. The molecular formula is C19H13F6N. The van der Waals surface area contributed by atoms with Crippen molar-refractivity contribution in [2.45, 2.75) is 18.9 Å². The Balaban J connectivity index is 2.02. The molecule has 26 heavy (non-hydrogen) atoms. The average molecular weight is 369 g/mol. The third-order valence-corrected chi connectivity index (χ3v) is 3.90. The number of rotatable bonds is 3. The molecule has 3 rings (SSSR count). The van der Waals surface area contributed by atoms with E-state index in [4.69, 9.17) is 0 Å². The minimum atomic E-state index is -4.85. The first-order chi connectivity index (χ1) is 12.1. The molecule has 0 unspecified atom stereocenters. The summed E-state index contributed by atoms with van der Waals surface area (Å²) in [5, 5.41) is 0. The lowest BCUT2D eigenvalue weighted by Gasteiger charge is -2.16. The summed E-state index contributed by atoms with van der Waals surface area (Å²) in [6, 6.07) is 14.2. The SMILES string of the molecule is FC(F)(F)c1cc(Cn2cccc2-c2ccccc2)cc(C(F)(F)F)c1. The van der Waals surface area contributed by atoms with Gasteiger partial charge in [-0.15, -0.1) is 0 Å².